The molecule has 1 amide bonds. The number of anilines is 1. The second kappa shape index (κ2) is 9.02. The molecule has 4 aromatic rings. The predicted octanol–water partition coefficient (Wildman–Crippen LogP) is 4.98. The summed E-state index contributed by atoms with van der Waals surface area (Å²) in [4.78, 5) is 12.3. The predicted molar refractivity (Wildman–Crippen MR) is 115 cm³/mol. The Morgan fingerprint density at radius 2 is 1.97 bits per heavy atom. The van der Waals surface area contributed by atoms with Gasteiger partial charge in [-0.2, -0.15) is 0 Å². The average Bonchev–Trinajstić information content (AvgIpc) is 3.37. The van der Waals surface area contributed by atoms with Crippen molar-refractivity contribution in [1.82, 2.24) is 15.4 Å². The number of nitrogens with zero attached hydrogens (tertiary/aromatic N) is 3. The molecule has 6 nitrogen and oxygen atoms in total. The van der Waals surface area contributed by atoms with Crippen molar-refractivity contribution >= 4 is 34.1 Å². The molecule has 29 heavy (non-hydrogen) atoms. The van der Waals surface area contributed by atoms with Gasteiger partial charge < -0.3 is 9.84 Å². The monoisotopic (exact) mass is 422 g/mol. The lowest BCUT2D eigenvalue weighted by Crippen LogP contribution is -2.13. The molecule has 0 aliphatic rings. The number of carbonyl (C=O) groups is 1. The minimum Gasteiger partial charge on any atom is -0.360 e. The van der Waals surface area contributed by atoms with Crippen molar-refractivity contribution in [3.05, 3.63) is 77.6 Å². The molecule has 0 aliphatic heterocycles. The van der Waals surface area contributed by atoms with Crippen LogP contribution in [-0.4, -0.2) is 21.3 Å². The third-order valence-electron chi connectivity index (χ3n) is 4.06. The van der Waals surface area contributed by atoms with Crippen molar-refractivity contribution in [3.8, 4) is 11.3 Å². The number of hydrogen-bond donors (Lipinski definition) is 1. The van der Waals surface area contributed by atoms with E-state index in [0.29, 0.717) is 16.6 Å². The van der Waals surface area contributed by atoms with Crippen LogP contribution in [0, 0.1) is 6.92 Å². The average molecular weight is 423 g/mol. The van der Waals surface area contributed by atoms with Crippen LogP contribution < -0.4 is 5.32 Å². The quantitative estimate of drug-likeness (QED) is 0.334. The molecule has 0 spiro atoms. The summed E-state index contributed by atoms with van der Waals surface area (Å²) in [5, 5.41) is 15.5. The molecule has 0 saturated carbocycles. The second-order valence-corrected chi connectivity index (χ2v) is 8.62. The van der Waals surface area contributed by atoms with E-state index in [0.717, 1.165) is 15.7 Å². The fraction of sp³-hybridized carbons (Fsp3) is 0.143. The van der Waals surface area contributed by atoms with Gasteiger partial charge in [-0.15, -0.1) is 10.2 Å². The highest BCUT2D eigenvalue weighted by Crippen LogP contribution is 2.28. The normalized spacial score (nSPS) is 10.8. The van der Waals surface area contributed by atoms with Crippen molar-refractivity contribution < 1.29 is 9.32 Å². The first kappa shape index (κ1) is 19.4. The molecular formula is C21H18N4O2S2. The minimum atomic E-state index is -0.216. The fourth-order valence-electron chi connectivity index (χ4n) is 2.73. The van der Waals surface area contributed by atoms with E-state index in [9.17, 15) is 4.79 Å². The van der Waals surface area contributed by atoms with Crippen LogP contribution in [0.1, 0.15) is 16.9 Å². The zero-order chi connectivity index (χ0) is 20.1. The van der Waals surface area contributed by atoms with Crippen LogP contribution in [0.3, 0.4) is 0 Å². The van der Waals surface area contributed by atoms with Crippen LogP contribution in [0.4, 0.5) is 5.13 Å². The first-order chi connectivity index (χ1) is 14.2. The summed E-state index contributed by atoms with van der Waals surface area (Å²) in [5.74, 6) is 1.09. The van der Waals surface area contributed by atoms with Crippen LogP contribution in [-0.2, 0) is 17.0 Å². The molecule has 0 unspecified atom stereocenters. The maximum Gasteiger partial charge on any atom is 0.233 e. The summed E-state index contributed by atoms with van der Waals surface area (Å²) in [6.07, 6.45) is 0.0885. The first-order valence-electron chi connectivity index (χ1n) is 8.98. The zero-order valence-electron chi connectivity index (χ0n) is 15.7. The highest BCUT2D eigenvalue weighted by atomic mass is 32.2. The van der Waals surface area contributed by atoms with Crippen LogP contribution in [0.5, 0.6) is 0 Å². The SMILES string of the molecule is Cc1cccc(CSc2nnc(NC(=O)Cc3cc(-c4ccccc4)no3)s2)c1. The number of benzene rings is 2. The lowest BCUT2D eigenvalue weighted by Gasteiger charge is -1.99. The highest BCUT2D eigenvalue weighted by molar-refractivity contribution is 8.00. The largest absolute Gasteiger partial charge is 0.360 e. The van der Waals surface area contributed by atoms with E-state index in [-0.39, 0.29) is 12.3 Å². The number of nitrogens with one attached hydrogen (secondary N) is 1. The molecule has 2 aromatic heterocycles. The van der Waals surface area contributed by atoms with Gasteiger partial charge in [0.2, 0.25) is 11.0 Å². The third kappa shape index (κ3) is 5.30. The van der Waals surface area contributed by atoms with Gasteiger partial charge in [-0.25, -0.2) is 0 Å². The van der Waals surface area contributed by atoms with E-state index < -0.39 is 0 Å². The van der Waals surface area contributed by atoms with Gasteiger partial charge >= 0.3 is 0 Å². The highest BCUT2D eigenvalue weighted by Gasteiger charge is 2.13. The summed E-state index contributed by atoms with van der Waals surface area (Å²) in [6.45, 7) is 2.07. The van der Waals surface area contributed by atoms with Gasteiger partial charge in [-0.05, 0) is 12.5 Å². The van der Waals surface area contributed by atoms with Gasteiger partial charge in [0, 0.05) is 17.4 Å². The molecule has 0 fully saturated rings. The van der Waals surface area contributed by atoms with E-state index in [1.807, 2.05) is 36.4 Å². The molecule has 2 aromatic carbocycles. The number of amides is 1. The number of rotatable bonds is 7. The van der Waals surface area contributed by atoms with E-state index >= 15 is 0 Å². The Kier molecular flexibility index (Phi) is 6.02. The van der Waals surface area contributed by atoms with Crippen LogP contribution >= 0.6 is 23.1 Å². The lowest BCUT2D eigenvalue weighted by atomic mass is 10.1. The summed E-state index contributed by atoms with van der Waals surface area (Å²) in [5.41, 5.74) is 4.12. The van der Waals surface area contributed by atoms with Crippen molar-refractivity contribution in [2.45, 2.75) is 23.4 Å². The van der Waals surface area contributed by atoms with Gasteiger partial charge in [0.05, 0.1) is 6.42 Å². The Morgan fingerprint density at radius 3 is 2.79 bits per heavy atom. The number of thioether (sulfide) groups is 1. The molecule has 2 heterocycles. The molecule has 8 heteroatoms. The number of aromatic nitrogens is 3. The van der Waals surface area contributed by atoms with Crippen LogP contribution in [0.2, 0.25) is 0 Å². The maximum absolute atomic E-state index is 12.3. The third-order valence-corrected chi connectivity index (χ3v) is 6.10. The molecule has 1 N–H and O–H groups in total. The maximum atomic E-state index is 12.3. The van der Waals surface area contributed by atoms with E-state index in [1.165, 1.54) is 22.5 Å². The second-order valence-electron chi connectivity index (χ2n) is 6.42. The first-order valence-corrected chi connectivity index (χ1v) is 10.8. The summed E-state index contributed by atoms with van der Waals surface area (Å²) in [6, 6.07) is 19.8. The number of aryl methyl sites for hydroxylation is 1. The Morgan fingerprint density at radius 1 is 1.10 bits per heavy atom. The van der Waals surface area contributed by atoms with Crippen molar-refractivity contribution in [3.63, 3.8) is 0 Å². The minimum absolute atomic E-state index is 0.0885. The standard InChI is InChI=1S/C21H18N4O2S2/c1-14-6-5-7-15(10-14)13-28-21-24-23-20(29-21)22-19(26)12-17-11-18(25-27-17)16-8-3-2-4-9-16/h2-11H,12-13H2,1H3,(H,22,23,26). The summed E-state index contributed by atoms with van der Waals surface area (Å²) in [7, 11) is 0. The number of carbonyl (C=O) groups excluding carboxylic acids is 1. The van der Waals surface area contributed by atoms with Crippen molar-refractivity contribution in [2.24, 2.45) is 0 Å². The Labute approximate surface area is 176 Å². The molecule has 0 aliphatic carbocycles. The topological polar surface area (TPSA) is 80.9 Å². The summed E-state index contributed by atoms with van der Waals surface area (Å²) >= 11 is 2.96. The van der Waals surface area contributed by atoms with Gasteiger partial charge in [-0.1, -0.05) is 88.4 Å². The smallest absolute Gasteiger partial charge is 0.233 e. The Hall–Kier alpha value is -2.97. The van der Waals surface area contributed by atoms with Crippen LogP contribution in [0.15, 0.2) is 69.5 Å². The van der Waals surface area contributed by atoms with E-state index in [1.54, 1.807) is 17.8 Å². The molecule has 0 radical (unpaired) electrons. The van der Waals surface area contributed by atoms with Gasteiger partial charge in [0.25, 0.3) is 0 Å². The molecule has 0 saturated heterocycles. The van der Waals surface area contributed by atoms with Crippen molar-refractivity contribution in [2.75, 3.05) is 5.32 Å². The molecule has 0 bridgehead atoms. The Balaban J connectivity index is 1.31. The molecule has 4 rings (SSSR count). The van der Waals surface area contributed by atoms with Gasteiger partial charge in [0.15, 0.2) is 4.34 Å². The fourth-order valence-corrected chi connectivity index (χ4v) is 4.44. The van der Waals surface area contributed by atoms with E-state index in [2.05, 4.69) is 45.8 Å². The molecule has 0 atom stereocenters. The molecular weight excluding hydrogens is 404 g/mol. The zero-order valence-corrected chi connectivity index (χ0v) is 17.3. The van der Waals surface area contributed by atoms with Crippen LogP contribution in [0.25, 0.3) is 11.3 Å². The van der Waals surface area contributed by atoms with Crippen molar-refractivity contribution in [1.29, 1.82) is 0 Å². The van der Waals surface area contributed by atoms with E-state index in [4.69, 9.17) is 4.52 Å². The Bertz CT molecular complexity index is 1110. The van der Waals surface area contributed by atoms with Gasteiger partial charge in [-0.3, -0.25) is 4.79 Å². The number of hydrogen-bond acceptors (Lipinski definition) is 7. The lowest BCUT2D eigenvalue weighted by molar-refractivity contribution is -0.115. The molecule has 146 valence electrons. The summed E-state index contributed by atoms with van der Waals surface area (Å²) < 4.78 is 6.10. The van der Waals surface area contributed by atoms with Gasteiger partial charge in [0.1, 0.15) is 11.5 Å².